The van der Waals surface area contributed by atoms with E-state index in [0.717, 1.165) is 51.1 Å². The van der Waals surface area contributed by atoms with Crippen molar-refractivity contribution in [2.45, 2.75) is 77.0 Å². The normalized spacial score (nSPS) is 23.6. The minimum atomic E-state index is 0.125. The van der Waals surface area contributed by atoms with Crippen LogP contribution in [0, 0.1) is 5.92 Å². The van der Waals surface area contributed by atoms with E-state index in [1.807, 2.05) is 0 Å². The molecule has 0 radical (unpaired) electrons. The first-order valence-corrected chi connectivity index (χ1v) is 10.7. The van der Waals surface area contributed by atoms with Crippen molar-refractivity contribution < 1.29 is 14.3 Å². The second-order valence-electron chi connectivity index (χ2n) is 8.28. The molecule has 1 unspecified atom stereocenters. The third kappa shape index (κ3) is 4.06. The van der Waals surface area contributed by atoms with Crippen LogP contribution in [0.3, 0.4) is 0 Å². The summed E-state index contributed by atoms with van der Waals surface area (Å²) in [6, 6.07) is 0.125. The monoisotopic (exact) mass is 375 g/mol. The first kappa shape index (κ1) is 18.9. The van der Waals surface area contributed by atoms with Crippen molar-refractivity contribution in [2.75, 3.05) is 26.9 Å². The number of rotatable bonds is 6. The summed E-state index contributed by atoms with van der Waals surface area (Å²) in [6.45, 7) is 3.67. The zero-order valence-corrected chi connectivity index (χ0v) is 16.6. The fourth-order valence-electron chi connectivity index (χ4n) is 5.07. The van der Waals surface area contributed by atoms with Crippen molar-refractivity contribution in [1.29, 1.82) is 0 Å². The lowest BCUT2D eigenvalue weighted by Crippen LogP contribution is -2.33. The Hall–Kier alpha value is -1.40. The molecule has 0 N–H and O–H groups in total. The lowest BCUT2D eigenvalue weighted by Gasteiger charge is -2.28. The van der Waals surface area contributed by atoms with Crippen molar-refractivity contribution in [2.24, 2.45) is 5.92 Å². The number of nitrogens with zero attached hydrogens (tertiary/aromatic N) is 3. The standard InChI is InChI=1S/C21H33N3O3/c1-26-13-11-24-18-9-12-27-15-17(18)21(22-24)19-8-5-10-23(19)20(25)14-16-6-3-2-4-7-16/h16,19H,2-15H2,1H3. The first-order valence-electron chi connectivity index (χ1n) is 10.7. The zero-order valence-electron chi connectivity index (χ0n) is 16.6. The molecule has 1 aliphatic carbocycles. The number of hydrogen-bond donors (Lipinski definition) is 0. The minimum absolute atomic E-state index is 0.125. The van der Waals surface area contributed by atoms with Crippen molar-refractivity contribution in [3.05, 3.63) is 17.0 Å². The lowest BCUT2D eigenvalue weighted by atomic mass is 9.86. The minimum Gasteiger partial charge on any atom is -0.383 e. The number of hydrogen-bond acceptors (Lipinski definition) is 4. The van der Waals surface area contributed by atoms with Crippen LogP contribution in [0.25, 0.3) is 0 Å². The van der Waals surface area contributed by atoms with Gasteiger partial charge in [-0.15, -0.1) is 0 Å². The number of aromatic nitrogens is 2. The highest BCUT2D eigenvalue weighted by Gasteiger charge is 2.36. The summed E-state index contributed by atoms with van der Waals surface area (Å²) in [5, 5.41) is 4.95. The van der Waals surface area contributed by atoms with Crippen LogP contribution in [0.5, 0.6) is 0 Å². The van der Waals surface area contributed by atoms with Crippen LogP contribution in [0.15, 0.2) is 0 Å². The molecule has 1 aromatic rings. The van der Waals surface area contributed by atoms with Gasteiger partial charge in [-0.25, -0.2) is 0 Å². The quantitative estimate of drug-likeness (QED) is 0.766. The van der Waals surface area contributed by atoms with E-state index in [9.17, 15) is 4.79 Å². The van der Waals surface area contributed by atoms with Crippen molar-refractivity contribution >= 4 is 5.91 Å². The van der Waals surface area contributed by atoms with Gasteiger partial charge in [-0.05, 0) is 31.6 Å². The summed E-state index contributed by atoms with van der Waals surface area (Å²) >= 11 is 0. The Morgan fingerprint density at radius 1 is 1.22 bits per heavy atom. The van der Waals surface area contributed by atoms with E-state index >= 15 is 0 Å². The van der Waals surface area contributed by atoms with Gasteiger partial charge in [0.25, 0.3) is 0 Å². The second-order valence-corrected chi connectivity index (χ2v) is 8.28. The van der Waals surface area contributed by atoms with Gasteiger partial charge in [0, 0.05) is 37.8 Å². The highest BCUT2D eigenvalue weighted by atomic mass is 16.5. The largest absolute Gasteiger partial charge is 0.383 e. The predicted molar refractivity (Wildman–Crippen MR) is 102 cm³/mol. The molecule has 4 rings (SSSR count). The number of likely N-dealkylation sites (tertiary alicyclic amines) is 1. The van der Waals surface area contributed by atoms with E-state index in [4.69, 9.17) is 14.6 Å². The molecule has 27 heavy (non-hydrogen) atoms. The van der Waals surface area contributed by atoms with Gasteiger partial charge in [-0.1, -0.05) is 19.3 Å². The summed E-state index contributed by atoms with van der Waals surface area (Å²) in [7, 11) is 1.72. The van der Waals surface area contributed by atoms with Gasteiger partial charge in [0.2, 0.25) is 5.91 Å². The number of carbonyl (C=O) groups is 1. The van der Waals surface area contributed by atoms with Gasteiger partial charge in [0.1, 0.15) is 0 Å². The van der Waals surface area contributed by atoms with E-state index in [1.165, 1.54) is 43.4 Å². The van der Waals surface area contributed by atoms with Gasteiger partial charge in [-0.2, -0.15) is 5.10 Å². The molecule has 1 atom stereocenters. The molecule has 1 saturated carbocycles. The highest BCUT2D eigenvalue weighted by Crippen LogP contribution is 2.37. The molecule has 6 nitrogen and oxygen atoms in total. The topological polar surface area (TPSA) is 56.6 Å². The van der Waals surface area contributed by atoms with Crippen LogP contribution >= 0.6 is 0 Å². The molecule has 3 heterocycles. The summed E-state index contributed by atoms with van der Waals surface area (Å²) in [4.78, 5) is 15.2. The van der Waals surface area contributed by atoms with Crippen LogP contribution in [0.1, 0.15) is 74.4 Å². The number of ether oxygens (including phenoxy) is 2. The Kier molecular flexibility index (Phi) is 6.13. The smallest absolute Gasteiger partial charge is 0.223 e. The van der Waals surface area contributed by atoms with Crippen LogP contribution in [0.4, 0.5) is 0 Å². The summed E-state index contributed by atoms with van der Waals surface area (Å²) in [6.07, 6.45) is 10.1. The fraction of sp³-hybridized carbons (Fsp3) is 0.810. The van der Waals surface area contributed by atoms with E-state index in [-0.39, 0.29) is 6.04 Å². The Labute approximate surface area is 162 Å². The van der Waals surface area contributed by atoms with E-state index in [2.05, 4.69) is 9.58 Å². The Bertz CT molecular complexity index is 651. The predicted octanol–water partition coefficient (Wildman–Crippen LogP) is 3.24. The Morgan fingerprint density at radius 2 is 2.07 bits per heavy atom. The third-order valence-corrected chi connectivity index (χ3v) is 6.51. The number of amides is 1. The average Bonchev–Trinajstić information content (AvgIpc) is 3.32. The molecular formula is C21H33N3O3. The van der Waals surface area contributed by atoms with Crippen molar-refractivity contribution in [1.82, 2.24) is 14.7 Å². The highest BCUT2D eigenvalue weighted by molar-refractivity contribution is 5.77. The molecule has 0 spiro atoms. The molecule has 0 aromatic carbocycles. The molecule has 1 aromatic heterocycles. The van der Waals surface area contributed by atoms with Crippen molar-refractivity contribution in [3.63, 3.8) is 0 Å². The van der Waals surface area contributed by atoms with E-state index < -0.39 is 0 Å². The fourth-order valence-corrected chi connectivity index (χ4v) is 5.07. The lowest BCUT2D eigenvalue weighted by molar-refractivity contribution is -0.133. The molecule has 150 valence electrons. The van der Waals surface area contributed by atoms with Crippen LogP contribution in [-0.4, -0.2) is 47.5 Å². The molecular weight excluding hydrogens is 342 g/mol. The first-order chi connectivity index (χ1) is 13.3. The molecule has 3 aliphatic rings. The van der Waals surface area contributed by atoms with Crippen molar-refractivity contribution in [3.8, 4) is 0 Å². The molecule has 2 aliphatic heterocycles. The van der Waals surface area contributed by atoms with Crippen LogP contribution in [0.2, 0.25) is 0 Å². The van der Waals surface area contributed by atoms with Gasteiger partial charge in [-0.3, -0.25) is 9.48 Å². The summed E-state index contributed by atoms with van der Waals surface area (Å²) < 4.78 is 13.1. The van der Waals surface area contributed by atoms with Gasteiger partial charge in [0.15, 0.2) is 0 Å². The third-order valence-electron chi connectivity index (χ3n) is 6.51. The Balaban J connectivity index is 1.52. The zero-order chi connectivity index (χ0) is 18.6. The van der Waals surface area contributed by atoms with Gasteiger partial charge >= 0.3 is 0 Å². The maximum Gasteiger partial charge on any atom is 0.223 e. The molecule has 2 fully saturated rings. The average molecular weight is 376 g/mol. The second kappa shape index (κ2) is 8.74. The number of methoxy groups -OCH3 is 1. The maximum absolute atomic E-state index is 13.1. The molecule has 0 bridgehead atoms. The molecule has 1 saturated heterocycles. The summed E-state index contributed by atoms with van der Waals surface area (Å²) in [5.41, 5.74) is 3.58. The molecule has 6 heteroatoms. The van der Waals surface area contributed by atoms with E-state index in [1.54, 1.807) is 7.11 Å². The van der Waals surface area contributed by atoms with Gasteiger partial charge < -0.3 is 14.4 Å². The number of fused-ring (bicyclic) bond motifs is 1. The Morgan fingerprint density at radius 3 is 2.89 bits per heavy atom. The van der Waals surface area contributed by atoms with Gasteiger partial charge in [0.05, 0.1) is 38.1 Å². The molecule has 1 amide bonds. The summed E-state index contributed by atoms with van der Waals surface area (Å²) in [5.74, 6) is 0.922. The SMILES string of the molecule is COCCn1nc(C2CCCN2C(=O)CC2CCCCC2)c2c1CCOC2. The number of carbonyl (C=O) groups excluding carboxylic acids is 1. The van der Waals surface area contributed by atoms with Crippen LogP contribution < -0.4 is 0 Å². The maximum atomic E-state index is 13.1. The van der Waals surface area contributed by atoms with Crippen LogP contribution in [-0.2, 0) is 33.8 Å². The van der Waals surface area contributed by atoms with E-state index in [0.29, 0.717) is 25.0 Å².